The Morgan fingerprint density at radius 1 is 1.24 bits per heavy atom. The van der Waals surface area contributed by atoms with Crippen LogP contribution in [0.5, 0.6) is 5.75 Å². The molecule has 7 nitrogen and oxygen atoms in total. The smallest absolute Gasteiger partial charge is 0.307 e. The number of aromatic nitrogens is 1. The lowest BCUT2D eigenvalue weighted by molar-refractivity contribution is -0.116. The molecule has 0 radical (unpaired) electrons. The number of thioether (sulfide) groups is 1. The molecule has 130 valence electrons. The second kappa shape index (κ2) is 10.1. The highest BCUT2D eigenvalue weighted by atomic mass is 32.2. The van der Waals surface area contributed by atoms with Crippen LogP contribution in [0.15, 0.2) is 59.8 Å². The normalized spacial score (nSPS) is 10.4. The zero-order valence-electron chi connectivity index (χ0n) is 13.2. The zero-order valence-corrected chi connectivity index (χ0v) is 14.0. The molecule has 0 unspecified atom stereocenters. The van der Waals surface area contributed by atoms with E-state index in [9.17, 15) is 9.59 Å². The van der Waals surface area contributed by atoms with Crippen molar-refractivity contribution < 1.29 is 19.5 Å². The molecular formula is C17H17N3O4S. The monoisotopic (exact) mass is 359 g/mol. The molecule has 25 heavy (non-hydrogen) atoms. The molecule has 0 atom stereocenters. The van der Waals surface area contributed by atoms with Crippen LogP contribution in [0.1, 0.15) is 5.56 Å². The summed E-state index contributed by atoms with van der Waals surface area (Å²) in [6, 6.07) is 10.5. The summed E-state index contributed by atoms with van der Waals surface area (Å²) in [4.78, 5) is 27.3. The fraction of sp³-hybridized carbons (Fsp3) is 0.118. The third-order valence-corrected chi connectivity index (χ3v) is 3.69. The number of amides is 2. The van der Waals surface area contributed by atoms with E-state index in [2.05, 4.69) is 10.3 Å². The number of rotatable bonds is 7. The van der Waals surface area contributed by atoms with Gasteiger partial charge in [-0.3, -0.25) is 19.8 Å². The molecular weight excluding hydrogens is 342 g/mol. The van der Waals surface area contributed by atoms with Gasteiger partial charge in [0.1, 0.15) is 12.4 Å². The Morgan fingerprint density at radius 3 is 2.72 bits per heavy atom. The number of pyridine rings is 1. The Balaban J connectivity index is 1.67. The van der Waals surface area contributed by atoms with Crippen molar-refractivity contribution in [3.8, 4) is 5.75 Å². The van der Waals surface area contributed by atoms with Crippen molar-refractivity contribution in [2.45, 2.75) is 4.90 Å². The van der Waals surface area contributed by atoms with E-state index >= 15 is 0 Å². The van der Waals surface area contributed by atoms with E-state index in [1.807, 2.05) is 6.07 Å². The second-order valence-electron chi connectivity index (χ2n) is 4.73. The quantitative estimate of drug-likeness (QED) is 0.231. The summed E-state index contributed by atoms with van der Waals surface area (Å²) < 4.78 is 5.50. The molecule has 0 fully saturated rings. The van der Waals surface area contributed by atoms with Crippen LogP contribution in [0, 0.1) is 0 Å². The number of nitrogens with zero attached hydrogens (tertiary/aromatic N) is 1. The van der Waals surface area contributed by atoms with E-state index in [0.717, 1.165) is 17.3 Å². The summed E-state index contributed by atoms with van der Waals surface area (Å²) in [6.07, 6.45) is 6.46. The number of ether oxygens (including phenoxy) is 1. The van der Waals surface area contributed by atoms with Gasteiger partial charge in [-0.15, -0.1) is 0 Å². The van der Waals surface area contributed by atoms with Crippen molar-refractivity contribution in [3.05, 3.63) is 60.4 Å². The number of hydroxylamine groups is 1. The Labute approximate surface area is 149 Å². The standard InChI is InChI=1S/C17H17N3O4S/c21-16(8-3-13-2-1-9-18-12-13)19-10-11-24-14-4-6-15(7-5-14)25-17(22)20-23/h1-9,12,23H,10-11H2,(H,19,21)(H,20,22)/b8-3+. The van der Waals surface area contributed by atoms with Crippen LogP contribution in [0.25, 0.3) is 6.08 Å². The van der Waals surface area contributed by atoms with Crippen LogP contribution >= 0.6 is 11.8 Å². The Hall–Kier alpha value is -2.84. The molecule has 2 amide bonds. The van der Waals surface area contributed by atoms with E-state index in [1.165, 1.54) is 6.08 Å². The fourth-order valence-electron chi connectivity index (χ4n) is 1.78. The average Bonchev–Trinajstić information content (AvgIpc) is 2.65. The minimum Gasteiger partial charge on any atom is -0.492 e. The van der Waals surface area contributed by atoms with Crippen molar-refractivity contribution in [1.82, 2.24) is 15.8 Å². The third-order valence-electron chi connectivity index (χ3n) is 2.91. The predicted molar refractivity (Wildman–Crippen MR) is 94.4 cm³/mol. The van der Waals surface area contributed by atoms with Crippen LogP contribution in [0.4, 0.5) is 4.79 Å². The molecule has 0 saturated carbocycles. The molecule has 0 aliphatic carbocycles. The van der Waals surface area contributed by atoms with Gasteiger partial charge in [-0.05, 0) is 53.7 Å². The molecule has 2 rings (SSSR count). The number of hydrogen-bond donors (Lipinski definition) is 3. The maximum atomic E-state index is 11.7. The molecule has 0 saturated heterocycles. The van der Waals surface area contributed by atoms with Crippen molar-refractivity contribution >= 4 is 29.0 Å². The van der Waals surface area contributed by atoms with Gasteiger partial charge < -0.3 is 10.1 Å². The third kappa shape index (κ3) is 7.06. The summed E-state index contributed by atoms with van der Waals surface area (Å²) in [5.74, 6) is 0.406. The van der Waals surface area contributed by atoms with Crippen LogP contribution in [0.3, 0.4) is 0 Å². The SMILES string of the molecule is O=C(/C=C/c1cccnc1)NCCOc1ccc(SC(=O)NO)cc1. The zero-order chi connectivity index (χ0) is 17.9. The molecule has 0 aliphatic rings. The van der Waals surface area contributed by atoms with Crippen LogP contribution in [-0.4, -0.2) is 34.5 Å². The number of benzene rings is 1. The van der Waals surface area contributed by atoms with Crippen LogP contribution < -0.4 is 15.5 Å². The van der Waals surface area contributed by atoms with Gasteiger partial charge in [0.05, 0.1) is 6.54 Å². The summed E-state index contributed by atoms with van der Waals surface area (Å²) in [5.41, 5.74) is 2.39. The van der Waals surface area contributed by atoms with Gasteiger partial charge in [0.25, 0.3) is 0 Å². The van der Waals surface area contributed by atoms with E-state index < -0.39 is 5.24 Å². The molecule has 3 N–H and O–H groups in total. The number of hydrogen-bond acceptors (Lipinski definition) is 6. The minimum absolute atomic E-state index is 0.214. The Morgan fingerprint density at radius 2 is 2.04 bits per heavy atom. The predicted octanol–water partition coefficient (Wildman–Crippen LogP) is 2.48. The highest BCUT2D eigenvalue weighted by molar-refractivity contribution is 8.13. The molecule has 1 heterocycles. The van der Waals surface area contributed by atoms with Gasteiger partial charge in [-0.25, -0.2) is 5.48 Å². The highest BCUT2D eigenvalue weighted by Crippen LogP contribution is 2.21. The lowest BCUT2D eigenvalue weighted by atomic mass is 10.2. The summed E-state index contributed by atoms with van der Waals surface area (Å²) in [5, 5.41) is 10.6. The van der Waals surface area contributed by atoms with Gasteiger partial charge in [0, 0.05) is 23.4 Å². The Kier molecular flexibility index (Phi) is 7.48. The number of carbonyl (C=O) groups excluding carboxylic acids is 2. The molecule has 1 aromatic heterocycles. The molecule has 0 bridgehead atoms. The molecule has 0 aliphatic heterocycles. The first-order chi connectivity index (χ1) is 12.2. The molecule has 2 aromatic rings. The van der Waals surface area contributed by atoms with Crippen molar-refractivity contribution in [2.75, 3.05) is 13.2 Å². The molecule has 8 heteroatoms. The van der Waals surface area contributed by atoms with Gasteiger partial charge in [-0.2, -0.15) is 0 Å². The summed E-state index contributed by atoms with van der Waals surface area (Å²) in [6.45, 7) is 0.676. The lowest BCUT2D eigenvalue weighted by Gasteiger charge is -2.07. The molecule has 0 spiro atoms. The highest BCUT2D eigenvalue weighted by Gasteiger charge is 2.03. The maximum Gasteiger partial charge on any atom is 0.307 e. The van der Waals surface area contributed by atoms with E-state index in [-0.39, 0.29) is 5.91 Å². The molecule has 1 aromatic carbocycles. The lowest BCUT2D eigenvalue weighted by Crippen LogP contribution is -2.26. The number of nitrogens with one attached hydrogen (secondary N) is 2. The fourth-order valence-corrected chi connectivity index (χ4v) is 2.31. The summed E-state index contributed by atoms with van der Waals surface area (Å²) in [7, 11) is 0. The second-order valence-corrected chi connectivity index (χ2v) is 5.78. The first-order valence-corrected chi connectivity index (χ1v) is 8.20. The van der Waals surface area contributed by atoms with E-state index in [4.69, 9.17) is 9.94 Å². The van der Waals surface area contributed by atoms with Gasteiger partial charge in [0.15, 0.2) is 0 Å². The Bertz CT molecular complexity index is 720. The topological polar surface area (TPSA) is 101 Å². The maximum absolute atomic E-state index is 11.7. The van der Waals surface area contributed by atoms with E-state index in [0.29, 0.717) is 23.8 Å². The first-order valence-electron chi connectivity index (χ1n) is 7.38. The van der Waals surface area contributed by atoms with Crippen LogP contribution in [-0.2, 0) is 4.79 Å². The minimum atomic E-state index is -0.560. The van der Waals surface area contributed by atoms with Crippen LogP contribution in [0.2, 0.25) is 0 Å². The van der Waals surface area contributed by atoms with Crippen molar-refractivity contribution in [2.24, 2.45) is 0 Å². The number of carbonyl (C=O) groups is 2. The van der Waals surface area contributed by atoms with Crippen molar-refractivity contribution in [1.29, 1.82) is 0 Å². The van der Waals surface area contributed by atoms with Gasteiger partial charge in [0.2, 0.25) is 5.91 Å². The van der Waals surface area contributed by atoms with Gasteiger partial charge in [-0.1, -0.05) is 6.07 Å². The summed E-state index contributed by atoms with van der Waals surface area (Å²) >= 11 is 0.864. The van der Waals surface area contributed by atoms with Crippen molar-refractivity contribution in [3.63, 3.8) is 0 Å². The average molecular weight is 359 g/mol. The largest absolute Gasteiger partial charge is 0.492 e. The van der Waals surface area contributed by atoms with Gasteiger partial charge >= 0.3 is 5.24 Å². The van der Waals surface area contributed by atoms with E-state index in [1.54, 1.807) is 54.3 Å². The first kappa shape index (κ1) is 18.5.